The van der Waals surface area contributed by atoms with Crippen LogP contribution < -0.4 is 11.1 Å². The zero-order valence-electron chi connectivity index (χ0n) is 15.2. The minimum Gasteiger partial charge on any atom is -0.347 e. The average molecular weight is 347 g/mol. The highest BCUT2D eigenvalue weighted by Crippen LogP contribution is 2.18. The summed E-state index contributed by atoms with van der Waals surface area (Å²) < 4.78 is 15.0. The molecule has 1 aromatic carbocycles. The summed E-state index contributed by atoms with van der Waals surface area (Å²) in [5, 5.41) is 7.09. The quantitative estimate of drug-likeness (QED) is 0.806. The van der Waals surface area contributed by atoms with Crippen molar-refractivity contribution >= 4 is 5.91 Å². The van der Waals surface area contributed by atoms with Gasteiger partial charge in [-0.05, 0) is 31.0 Å². The van der Waals surface area contributed by atoms with Crippen LogP contribution in [0.15, 0.2) is 24.3 Å². The minimum absolute atomic E-state index is 0.0252. The molecule has 7 heteroatoms. The molecule has 1 aromatic heterocycles. The first-order valence-corrected chi connectivity index (χ1v) is 8.59. The van der Waals surface area contributed by atoms with Crippen molar-refractivity contribution in [1.29, 1.82) is 0 Å². The summed E-state index contributed by atoms with van der Waals surface area (Å²) >= 11 is 0. The van der Waals surface area contributed by atoms with Crippen molar-refractivity contribution in [1.82, 2.24) is 20.1 Å². The predicted octanol–water partition coefficient (Wildman–Crippen LogP) is 2.78. The van der Waals surface area contributed by atoms with Gasteiger partial charge in [-0.25, -0.2) is 14.1 Å². The molecule has 0 unspecified atom stereocenters. The molecule has 0 aliphatic carbocycles. The van der Waals surface area contributed by atoms with Crippen molar-refractivity contribution in [2.45, 2.75) is 52.0 Å². The van der Waals surface area contributed by atoms with Gasteiger partial charge < -0.3 is 11.1 Å². The molecule has 6 nitrogen and oxygen atoms in total. The average Bonchev–Trinajstić information content (AvgIpc) is 3.05. The zero-order valence-corrected chi connectivity index (χ0v) is 15.2. The van der Waals surface area contributed by atoms with Crippen molar-refractivity contribution in [3.8, 4) is 5.69 Å². The highest BCUT2D eigenvalue weighted by Gasteiger charge is 2.24. The fraction of sp³-hybridized carbons (Fsp3) is 0.500. The Morgan fingerprint density at radius 2 is 2.04 bits per heavy atom. The number of aromatic nitrogens is 3. The van der Waals surface area contributed by atoms with E-state index in [0.717, 1.165) is 12.8 Å². The number of carbonyl (C=O) groups is 1. The van der Waals surface area contributed by atoms with E-state index in [0.29, 0.717) is 18.1 Å². The molecule has 0 radical (unpaired) electrons. The van der Waals surface area contributed by atoms with E-state index in [1.165, 1.54) is 16.8 Å². The first-order chi connectivity index (χ1) is 11.8. The number of nitrogens with two attached hydrogens (primary N) is 1. The largest absolute Gasteiger partial charge is 0.347 e. The highest BCUT2D eigenvalue weighted by molar-refractivity contribution is 5.90. The second-order valence-corrected chi connectivity index (χ2v) is 6.59. The van der Waals surface area contributed by atoms with Crippen LogP contribution in [0.25, 0.3) is 5.69 Å². The van der Waals surface area contributed by atoms with Gasteiger partial charge in [-0.15, -0.1) is 5.10 Å². The van der Waals surface area contributed by atoms with Crippen LogP contribution in [0.5, 0.6) is 0 Å². The third kappa shape index (κ3) is 4.42. The van der Waals surface area contributed by atoms with Gasteiger partial charge in [0.1, 0.15) is 11.6 Å². The Kier molecular flexibility index (Phi) is 5.89. The standard InChI is InChI=1S/C18H26FN5O/c1-5-18(20,6-2)11-21-17(25)15-22-16(12(3)4)24(23-15)14-9-7-8-13(19)10-14/h7-10,12H,5-6,11,20H2,1-4H3,(H,21,25). The van der Waals surface area contributed by atoms with E-state index in [4.69, 9.17) is 5.73 Å². The van der Waals surface area contributed by atoms with Crippen LogP contribution >= 0.6 is 0 Å². The smallest absolute Gasteiger partial charge is 0.291 e. The maximum absolute atomic E-state index is 13.5. The number of hydrogen-bond acceptors (Lipinski definition) is 4. The second kappa shape index (κ2) is 7.74. The zero-order chi connectivity index (χ0) is 18.6. The third-order valence-electron chi connectivity index (χ3n) is 4.41. The van der Waals surface area contributed by atoms with Crippen LogP contribution in [0, 0.1) is 5.82 Å². The van der Waals surface area contributed by atoms with Crippen molar-refractivity contribution in [2.24, 2.45) is 5.73 Å². The van der Waals surface area contributed by atoms with Gasteiger partial charge in [0.05, 0.1) is 5.69 Å². The number of carbonyl (C=O) groups excluding carboxylic acids is 1. The van der Waals surface area contributed by atoms with Crippen molar-refractivity contribution in [2.75, 3.05) is 6.54 Å². The third-order valence-corrected chi connectivity index (χ3v) is 4.41. The van der Waals surface area contributed by atoms with Gasteiger partial charge in [0.15, 0.2) is 0 Å². The molecule has 1 amide bonds. The van der Waals surface area contributed by atoms with Gasteiger partial charge in [0.25, 0.3) is 5.91 Å². The van der Waals surface area contributed by atoms with Crippen molar-refractivity contribution in [3.63, 3.8) is 0 Å². The summed E-state index contributed by atoms with van der Waals surface area (Å²) in [7, 11) is 0. The molecule has 0 spiro atoms. The summed E-state index contributed by atoms with van der Waals surface area (Å²) in [5.41, 5.74) is 6.30. The van der Waals surface area contributed by atoms with E-state index in [1.54, 1.807) is 12.1 Å². The number of amides is 1. The summed E-state index contributed by atoms with van der Waals surface area (Å²) in [5.74, 6) is -0.0678. The van der Waals surface area contributed by atoms with Gasteiger partial charge in [0, 0.05) is 18.0 Å². The van der Waals surface area contributed by atoms with Crippen LogP contribution in [0.2, 0.25) is 0 Å². The Labute approximate surface area is 147 Å². The molecular weight excluding hydrogens is 321 g/mol. The Bertz CT molecular complexity index is 737. The summed E-state index contributed by atoms with van der Waals surface area (Å²) in [6, 6.07) is 6.05. The van der Waals surface area contributed by atoms with Crippen molar-refractivity contribution in [3.05, 3.63) is 41.7 Å². The molecule has 3 N–H and O–H groups in total. The predicted molar refractivity (Wildman–Crippen MR) is 95.2 cm³/mol. The van der Waals surface area contributed by atoms with Gasteiger partial charge in [-0.3, -0.25) is 4.79 Å². The van der Waals surface area contributed by atoms with Crippen molar-refractivity contribution < 1.29 is 9.18 Å². The number of nitrogens with zero attached hydrogens (tertiary/aromatic N) is 3. The summed E-state index contributed by atoms with van der Waals surface area (Å²) in [6.45, 7) is 8.22. The molecule has 2 rings (SSSR count). The van der Waals surface area contributed by atoms with E-state index in [1.807, 2.05) is 27.7 Å². The first-order valence-electron chi connectivity index (χ1n) is 8.59. The second-order valence-electron chi connectivity index (χ2n) is 6.59. The Balaban J connectivity index is 2.28. The maximum Gasteiger partial charge on any atom is 0.291 e. The molecule has 1 heterocycles. The van der Waals surface area contributed by atoms with E-state index < -0.39 is 5.54 Å². The lowest BCUT2D eigenvalue weighted by molar-refractivity contribution is 0.0931. The number of hydrogen-bond donors (Lipinski definition) is 2. The molecule has 2 aromatic rings. The Morgan fingerprint density at radius 1 is 1.36 bits per heavy atom. The highest BCUT2D eigenvalue weighted by atomic mass is 19.1. The Morgan fingerprint density at radius 3 is 2.60 bits per heavy atom. The van der Waals surface area contributed by atoms with Crippen LogP contribution in [0.3, 0.4) is 0 Å². The molecule has 0 fully saturated rings. The SMILES string of the molecule is CCC(N)(CC)CNC(=O)c1nc(C(C)C)n(-c2cccc(F)c2)n1. The molecule has 25 heavy (non-hydrogen) atoms. The summed E-state index contributed by atoms with van der Waals surface area (Å²) in [4.78, 5) is 16.8. The molecule has 0 bridgehead atoms. The lowest BCUT2D eigenvalue weighted by Crippen LogP contribution is -2.49. The minimum atomic E-state index is -0.443. The number of nitrogens with one attached hydrogen (secondary N) is 1. The number of halogens is 1. The lowest BCUT2D eigenvalue weighted by atomic mass is 9.94. The van der Waals surface area contributed by atoms with Gasteiger partial charge >= 0.3 is 0 Å². The lowest BCUT2D eigenvalue weighted by Gasteiger charge is -2.26. The van der Waals surface area contributed by atoms with Crippen LogP contribution in [0.4, 0.5) is 4.39 Å². The molecule has 0 atom stereocenters. The van der Waals surface area contributed by atoms with Crippen LogP contribution in [-0.2, 0) is 0 Å². The molecule has 0 saturated heterocycles. The molecule has 0 aliphatic rings. The van der Waals surface area contributed by atoms with E-state index in [9.17, 15) is 9.18 Å². The first kappa shape index (κ1) is 19.1. The fourth-order valence-electron chi connectivity index (χ4n) is 2.43. The number of benzene rings is 1. The molecule has 0 aliphatic heterocycles. The van der Waals surface area contributed by atoms with E-state index in [2.05, 4.69) is 15.4 Å². The molecule has 136 valence electrons. The van der Waals surface area contributed by atoms with E-state index >= 15 is 0 Å². The normalized spacial score (nSPS) is 11.8. The van der Waals surface area contributed by atoms with Crippen LogP contribution in [-0.4, -0.2) is 32.8 Å². The fourth-order valence-corrected chi connectivity index (χ4v) is 2.43. The van der Waals surface area contributed by atoms with E-state index in [-0.39, 0.29) is 23.5 Å². The van der Waals surface area contributed by atoms with Gasteiger partial charge in [0.2, 0.25) is 5.82 Å². The Hall–Kier alpha value is -2.28. The molecule has 0 saturated carbocycles. The van der Waals surface area contributed by atoms with Gasteiger partial charge in [-0.2, -0.15) is 0 Å². The summed E-state index contributed by atoms with van der Waals surface area (Å²) in [6.07, 6.45) is 1.51. The van der Waals surface area contributed by atoms with Crippen LogP contribution in [0.1, 0.15) is 62.9 Å². The van der Waals surface area contributed by atoms with Gasteiger partial charge in [-0.1, -0.05) is 33.8 Å². The maximum atomic E-state index is 13.5. The topological polar surface area (TPSA) is 85.8 Å². The molecular formula is C18H26FN5O. The number of rotatable bonds is 7. The monoisotopic (exact) mass is 347 g/mol.